The molecule has 2 N–H and O–H groups in total. The van der Waals surface area contributed by atoms with E-state index in [1.54, 1.807) is 12.1 Å². The third kappa shape index (κ3) is 5.06. The molecule has 4 aromatic carbocycles. The van der Waals surface area contributed by atoms with Crippen molar-refractivity contribution < 1.29 is 14.7 Å². The standard InChI is InChI=1S/C33H31N3O3/c1-4-11-27(22-13-6-5-7-14-22)35-32(37)23-18-19-24(26(20-23)33(38)39)30-21(2)12-10-15-25(30)31-34-28-16-8-9-17-29(28)36(31)3/h5-10,12-20,27H,4,11H2,1-3H3,(H,35,37)(H,38,39). The van der Waals surface area contributed by atoms with Crippen LogP contribution in [-0.4, -0.2) is 26.5 Å². The summed E-state index contributed by atoms with van der Waals surface area (Å²) < 4.78 is 2.02. The average Bonchev–Trinajstić information content (AvgIpc) is 3.29. The monoisotopic (exact) mass is 517 g/mol. The molecule has 39 heavy (non-hydrogen) atoms. The van der Waals surface area contributed by atoms with E-state index in [0.717, 1.165) is 52.0 Å². The fourth-order valence-electron chi connectivity index (χ4n) is 5.22. The number of fused-ring (bicyclic) bond motifs is 1. The lowest BCUT2D eigenvalue weighted by atomic mass is 9.90. The van der Waals surface area contributed by atoms with E-state index in [0.29, 0.717) is 11.1 Å². The number of nitrogens with one attached hydrogen (secondary N) is 1. The van der Waals surface area contributed by atoms with E-state index in [1.807, 2.05) is 91.3 Å². The van der Waals surface area contributed by atoms with Gasteiger partial charge < -0.3 is 15.0 Å². The zero-order valence-electron chi connectivity index (χ0n) is 22.3. The molecule has 0 aliphatic heterocycles. The molecular weight excluding hydrogens is 486 g/mol. The number of para-hydroxylation sites is 2. The van der Waals surface area contributed by atoms with Gasteiger partial charge >= 0.3 is 5.97 Å². The first-order valence-corrected chi connectivity index (χ1v) is 13.1. The molecule has 0 aliphatic carbocycles. The maximum Gasteiger partial charge on any atom is 0.336 e. The van der Waals surface area contributed by atoms with Crippen LogP contribution in [0.3, 0.4) is 0 Å². The van der Waals surface area contributed by atoms with Crippen LogP contribution in [0.5, 0.6) is 0 Å². The average molecular weight is 518 g/mol. The van der Waals surface area contributed by atoms with Crippen LogP contribution in [-0.2, 0) is 7.05 Å². The van der Waals surface area contributed by atoms with Crippen LogP contribution in [0, 0.1) is 6.92 Å². The number of aromatic nitrogens is 2. The number of aromatic carboxylic acids is 1. The molecule has 0 radical (unpaired) electrons. The molecule has 0 aliphatic rings. The molecule has 5 aromatic rings. The largest absolute Gasteiger partial charge is 0.478 e. The molecule has 1 amide bonds. The molecule has 1 aromatic heterocycles. The lowest BCUT2D eigenvalue weighted by Gasteiger charge is -2.20. The first kappa shape index (κ1) is 25.9. The molecule has 0 fully saturated rings. The number of hydrogen-bond donors (Lipinski definition) is 2. The molecule has 0 spiro atoms. The molecule has 196 valence electrons. The molecule has 6 heteroatoms. The highest BCUT2D eigenvalue weighted by atomic mass is 16.4. The number of nitrogens with zero attached hydrogens (tertiary/aromatic N) is 2. The van der Waals surface area contributed by atoms with Crippen molar-refractivity contribution in [3.05, 3.63) is 113 Å². The molecule has 1 heterocycles. The number of carboxylic acid groups (broad SMARTS) is 1. The summed E-state index contributed by atoms with van der Waals surface area (Å²) in [5.74, 6) is -0.642. The second-order valence-electron chi connectivity index (χ2n) is 9.77. The van der Waals surface area contributed by atoms with Gasteiger partial charge in [-0.2, -0.15) is 0 Å². The van der Waals surface area contributed by atoms with Gasteiger partial charge in [0.1, 0.15) is 5.82 Å². The number of hydrogen-bond acceptors (Lipinski definition) is 3. The Morgan fingerprint density at radius 1 is 0.923 bits per heavy atom. The lowest BCUT2D eigenvalue weighted by Crippen LogP contribution is -2.28. The van der Waals surface area contributed by atoms with Crippen LogP contribution in [0.1, 0.15) is 57.7 Å². The van der Waals surface area contributed by atoms with E-state index >= 15 is 0 Å². The lowest BCUT2D eigenvalue weighted by molar-refractivity contribution is 0.0697. The first-order valence-electron chi connectivity index (χ1n) is 13.1. The summed E-state index contributed by atoms with van der Waals surface area (Å²) in [7, 11) is 1.96. The van der Waals surface area contributed by atoms with E-state index in [4.69, 9.17) is 4.98 Å². The Balaban J connectivity index is 1.57. The van der Waals surface area contributed by atoms with E-state index in [2.05, 4.69) is 12.2 Å². The summed E-state index contributed by atoms with van der Waals surface area (Å²) >= 11 is 0. The molecule has 6 nitrogen and oxygen atoms in total. The normalized spacial score (nSPS) is 11.9. The predicted molar refractivity (Wildman–Crippen MR) is 155 cm³/mol. The van der Waals surface area contributed by atoms with Crippen molar-refractivity contribution in [2.24, 2.45) is 7.05 Å². The highest BCUT2D eigenvalue weighted by molar-refractivity contribution is 6.03. The van der Waals surface area contributed by atoms with Crippen LogP contribution in [0.15, 0.2) is 91.0 Å². The zero-order valence-corrected chi connectivity index (χ0v) is 22.3. The summed E-state index contributed by atoms with van der Waals surface area (Å²) in [5.41, 5.74) is 6.36. The highest BCUT2D eigenvalue weighted by Gasteiger charge is 2.23. The fraction of sp³-hybridized carbons (Fsp3) is 0.182. The Morgan fingerprint density at radius 3 is 2.38 bits per heavy atom. The minimum atomic E-state index is -1.09. The molecule has 0 saturated heterocycles. The minimum absolute atomic E-state index is 0.0729. The van der Waals surface area contributed by atoms with Gasteiger partial charge in [-0.15, -0.1) is 0 Å². The third-order valence-corrected chi connectivity index (χ3v) is 7.17. The molecule has 1 atom stereocenters. The number of carbonyl (C=O) groups excluding carboxylic acids is 1. The first-order chi connectivity index (χ1) is 18.9. The van der Waals surface area contributed by atoms with Crippen LogP contribution in [0.4, 0.5) is 0 Å². The smallest absolute Gasteiger partial charge is 0.336 e. The summed E-state index contributed by atoms with van der Waals surface area (Å²) in [4.78, 5) is 30.7. The fourth-order valence-corrected chi connectivity index (χ4v) is 5.22. The van der Waals surface area contributed by atoms with Crippen molar-refractivity contribution in [1.29, 1.82) is 0 Å². The Hall–Kier alpha value is -4.71. The van der Waals surface area contributed by atoms with Crippen LogP contribution < -0.4 is 5.32 Å². The van der Waals surface area contributed by atoms with Crippen molar-refractivity contribution in [3.8, 4) is 22.5 Å². The summed E-state index contributed by atoms with van der Waals surface area (Å²) in [6.45, 7) is 4.03. The second kappa shape index (κ2) is 11.0. The molecule has 0 saturated carbocycles. The number of carboxylic acids is 1. The number of rotatable bonds is 8. The van der Waals surface area contributed by atoms with Crippen molar-refractivity contribution >= 4 is 22.9 Å². The molecular formula is C33H31N3O3. The topological polar surface area (TPSA) is 84.2 Å². The Kier molecular flexibility index (Phi) is 7.28. The summed E-state index contributed by atoms with van der Waals surface area (Å²) in [5, 5.41) is 13.3. The zero-order chi connectivity index (χ0) is 27.5. The number of amides is 1. The SMILES string of the molecule is CCCC(NC(=O)c1ccc(-c2c(C)cccc2-c2nc3ccccc3n2C)c(C(=O)O)c1)c1ccccc1. The van der Waals surface area contributed by atoms with E-state index < -0.39 is 5.97 Å². The van der Waals surface area contributed by atoms with Crippen LogP contribution >= 0.6 is 0 Å². The van der Waals surface area contributed by atoms with Gasteiger partial charge in [0.2, 0.25) is 0 Å². The Labute approximate surface area is 228 Å². The minimum Gasteiger partial charge on any atom is -0.478 e. The van der Waals surface area contributed by atoms with Gasteiger partial charge in [0.05, 0.1) is 22.6 Å². The molecule has 5 rings (SSSR count). The maximum absolute atomic E-state index is 13.3. The van der Waals surface area contributed by atoms with Crippen molar-refractivity contribution in [1.82, 2.24) is 14.9 Å². The van der Waals surface area contributed by atoms with Gasteiger partial charge in [0.25, 0.3) is 5.91 Å². The number of imidazole rings is 1. The second-order valence-corrected chi connectivity index (χ2v) is 9.77. The maximum atomic E-state index is 13.3. The summed E-state index contributed by atoms with van der Waals surface area (Å²) in [6.07, 6.45) is 1.68. The van der Waals surface area contributed by atoms with E-state index in [-0.39, 0.29) is 17.5 Å². The highest BCUT2D eigenvalue weighted by Crippen LogP contribution is 2.37. The molecule has 0 bridgehead atoms. The van der Waals surface area contributed by atoms with Crippen LogP contribution in [0.2, 0.25) is 0 Å². The number of benzene rings is 4. The van der Waals surface area contributed by atoms with E-state index in [1.165, 1.54) is 6.07 Å². The van der Waals surface area contributed by atoms with Gasteiger partial charge in [-0.1, -0.05) is 80.1 Å². The predicted octanol–water partition coefficient (Wildman–Crippen LogP) is 7.19. The van der Waals surface area contributed by atoms with Gasteiger partial charge in [-0.05, 0) is 59.9 Å². The molecule has 1 unspecified atom stereocenters. The third-order valence-electron chi connectivity index (χ3n) is 7.17. The van der Waals surface area contributed by atoms with Crippen LogP contribution in [0.25, 0.3) is 33.5 Å². The van der Waals surface area contributed by atoms with Crippen molar-refractivity contribution in [2.45, 2.75) is 32.7 Å². The summed E-state index contributed by atoms with van der Waals surface area (Å²) in [6, 6.07) is 28.4. The van der Waals surface area contributed by atoms with Gasteiger partial charge in [-0.3, -0.25) is 4.79 Å². The Bertz CT molecular complexity index is 1670. The van der Waals surface area contributed by atoms with Crippen molar-refractivity contribution in [2.75, 3.05) is 0 Å². The number of aryl methyl sites for hydroxylation is 2. The number of carbonyl (C=O) groups is 2. The van der Waals surface area contributed by atoms with E-state index in [9.17, 15) is 14.7 Å². The van der Waals surface area contributed by atoms with Crippen molar-refractivity contribution in [3.63, 3.8) is 0 Å². The van der Waals surface area contributed by atoms with Gasteiger partial charge in [-0.25, -0.2) is 9.78 Å². The quantitative estimate of drug-likeness (QED) is 0.228. The van der Waals surface area contributed by atoms with Gasteiger partial charge in [0, 0.05) is 18.2 Å². The Morgan fingerprint density at radius 2 is 1.67 bits per heavy atom. The van der Waals surface area contributed by atoms with Gasteiger partial charge in [0.15, 0.2) is 0 Å².